The van der Waals surface area contributed by atoms with Gasteiger partial charge in [0.25, 0.3) is 0 Å². The van der Waals surface area contributed by atoms with Crippen LogP contribution in [0.2, 0.25) is 5.02 Å². The number of nitrogens with zero attached hydrogens (tertiary/aromatic N) is 2. The van der Waals surface area contributed by atoms with Crippen molar-refractivity contribution < 1.29 is 14.3 Å². The number of guanidine groups is 1. The van der Waals surface area contributed by atoms with Crippen molar-refractivity contribution in [3.8, 4) is 0 Å². The second kappa shape index (κ2) is 9.98. The topological polar surface area (TPSA) is 75.2 Å². The molecule has 1 aliphatic heterocycles. The Kier molecular flexibility index (Phi) is 7.95. The summed E-state index contributed by atoms with van der Waals surface area (Å²) in [6.45, 7) is 7.59. The van der Waals surface area contributed by atoms with Gasteiger partial charge in [-0.3, -0.25) is 4.99 Å². The average molecular weight is 411 g/mol. The number of amides is 1. The van der Waals surface area contributed by atoms with Crippen LogP contribution in [0.25, 0.3) is 0 Å². The average Bonchev–Trinajstić information content (AvgIpc) is 3.05. The van der Waals surface area contributed by atoms with E-state index >= 15 is 0 Å². The lowest BCUT2D eigenvalue weighted by molar-refractivity contribution is 0.0507. The number of ether oxygens (including phenoxy) is 2. The van der Waals surface area contributed by atoms with E-state index in [1.54, 1.807) is 14.2 Å². The third-order valence-electron chi connectivity index (χ3n) is 4.37. The van der Waals surface area contributed by atoms with Crippen LogP contribution < -0.4 is 10.6 Å². The van der Waals surface area contributed by atoms with Crippen molar-refractivity contribution in [2.24, 2.45) is 4.99 Å². The second-order valence-corrected chi connectivity index (χ2v) is 8.22. The summed E-state index contributed by atoms with van der Waals surface area (Å²) in [6.07, 6.45) is 0.304. The second-order valence-electron chi connectivity index (χ2n) is 7.79. The van der Waals surface area contributed by atoms with E-state index < -0.39 is 5.60 Å². The van der Waals surface area contributed by atoms with E-state index in [-0.39, 0.29) is 18.2 Å². The van der Waals surface area contributed by atoms with Crippen LogP contribution in [0.4, 0.5) is 4.79 Å². The van der Waals surface area contributed by atoms with Crippen LogP contribution in [0.1, 0.15) is 38.9 Å². The van der Waals surface area contributed by atoms with Gasteiger partial charge in [-0.15, -0.1) is 0 Å². The molecule has 0 aromatic heterocycles. The van der Waals surface area contributed by atoms with E-state index in [2.05, 4.69) is 20.5 Å². The number of hydrogen-bond donors (Lipinski definition) is 2. The highest BCUT2D eigenvalue weighted by atomic mass is 35.5. The zero-order valence-electron chi connectivity index (χ0n) is 17.3. The minimum absolute atomic E-state index is 0.0274. The molecule has 2 N–H and O–H groups in total. The largest absolute Gasteiger partial charge is 0.444 e. The number of aliphatic imine (C=N–C) groups is 1. The van der Waals surface area contributed by atoms with E-state index in [9.17, 15) is 4.79 Å². The first-order valence-corrected chi connectivity index (χ1v) is 9.83. The van der Waals surface area contributed by atoms with Gasteiger partial charge in [-0.2, -0.15) is 0 Å². The summed E-state index contributed by atoms with van der Waals surface area (Å²) in [5.74, 6) is 0.776. The summed E-state index contributed by atoms with van der Waals surface area (Å²) < 4.78 is 10.9. The standard InChI is InChI=1S/C20H31ClN4O3/c1-20(2,3)28-19(26)24-16-9-10-25(13-16)18(22-4)23-12-17(27-5)14-7-6-8-15(21)11-14/h6-8,11,16-17H,9-10,12-13H2,1-5H3,(H,22,23)(H,24,26). The SMILES string of the molecule is CN=C(NCC(OC)c1cccc(Cl)c1)N1CCC(NC(=O)OC(C)(C)C)C1. The number of hydrogen-bond acceptors (Lipinski definition) is 4. The number of rotatable bonds is 5. The van der Waals surface area contributed by atoms with Gasteiger partial charge in [0.05, 0.1) is 12.1 Å². The maximum atomic E-state index is 12.0. The van der Waals surface area contributed by atoms with Crippen molar-refractivity contribution in [2.75, 3.05) is 33.8 Å². The summed E-state index contributed by atoms with van der Waals surface area (Å²) in [5.41, 5.74) is 0.499. The third kappa shape index (κ3) is 6.87. The predicted octanol–water partition coefficient (Wildman–Crippen LogP) is 3.20. The Morgan fingerprint density at radius 3 is 2.79 bits per heavy atom. The lowest BCUT2D eigenvalue weighted by Crippen LogP contribution is -2.45. The summed E-state index contributed by atoms with van der Waals surface area (Å²) in [5, 5.41) is 6.96. The van der Waals surface area contributed by atoms with E-state index in [0.717, 1.165) is 24.5 Å². The van der Waals surface area contributed by atoms with Crippen molar-refractivity contribution in [2.45, 2.75) is 44.9 Å². The van der Waals surface area contributed by atoms with Crippen molar-refractivity contribution in [3.63, 3.8) is 0 Å². The molecule has 1 fully saturated rings. The first kappa shape index (κ1) is 22.3. The number of nitrogens with one attached hydrogen (secondary N) is 2. The normalized spacial score (nSPS) is 18.7. The van der Waals surface area contributed by atoms with E-state index in [1.807, 2.05) is 45.0 Å². The number of carbonyl (C=O) groups excluding carboxylic acids is 1. The van der Waals surface area contributed by atoms with Gasteiger partial charge in [0.2, 0.25) is 0 Å². The van der Waals surface area contributed by atoms with Crippen LogP contribution in [-0.4, -0.2) is 62.4 Å². The fourth-order valence-electron chi connectivity index (χ4n) is 3.11. The van der Waals surface area contributed by atoms with Crippen LogP contribution >= 0.6 is 11.6 Å². The number of carbonyl (C=O) groups is 1. The monoisotopic (exact) mass is 410 g/mol. The lowest BCUT2D eigenvalue weighted by Gasteiger charge is -2.25. The van der Waals surface area contributed by atoms with E-state index in [4.69, 9.17) is 21.1 Å². The van der Waals surface area contributed by atoms with Gasteiger partial charge in [-0.25, -0.2) is 4.79 Å². The molecular formula is C20H31ClN4O3. The van der Waals surface area contributed by atoms with Crippen molar-refractivity contribution in [3.05, 3.63) is 34.9 Å². The Morgan fingerprint density at radius 1 is 1.43 bits per heavy atom. The van der Waals surface area contributed by atoms with Gasteiger partial charge in [0.15, 0.2) is 5.96 Å². The molecule has 2 atom stereocenters. The van der Waals surface area contributed by atoms with Gasteiger partial charge in [-0.1, -0.05) is 23.7 Å². The molecule has 7 nitrogen and oxygen atoms in total. The van der Waals surface area contributed by atoms with Crippen LogP contribution in [0.5, 0.6) is 0 Å². The molecule has 1 aliphatic rings. The molecule has 0 aliphatic carbocycles. The predicted molar refractivity (Wildman–Crippen MR) is 112 cm³/mol. The molecule has 0 bridgehead atoms. The maximum absolute atomic E-state index is 12.0. The molecule has 1 amide bonds. The smallest absolute Gasteiger partial charge is 0.407 e. The zero-order chi connectivity index (χ0) is 20.7. The third-order valence-corrected chi connectivity index (χ3v) is 4.61. The summed E-state index contributed by atoms with van der Waals surface area (Å²) in [4.78, 5) is 18.5. The maximum Gasteiger partial charge on any atom is 0.407 e. The minimum atomic E-state index is -0.504. The molecular weight excluding hydrogens is 380 g/mol. The number of benzene rings is 1. The highest BCUT2D eigenvalue weighted by Gasteiger charge is 2.28. The number of alkyl carbamates (subject to hydrolysis) is 1. The molecule has 0 radical (unpaired) electrons. The fraction of sp³-hybridized carbons (Fsp3) is 0.600. The molecule has 0 spiro atoms. The van der Waals surface area contributed by atoms with Gasteiger partial charge >= 0.3 is 6.09 Å². The highest BCUT2D eigenvalue weighted by Crippen LogP contribution is 2.20. The first-order valence-electron chi connectivity index (χ1n) is 9.45. The molecule has 8 heteroatoms. The number of likely N-dealkylation sites (tertiary alicyclic amines) is 1. The van der Waals surface area contributed by atoms with Gasteiger partial charge in [0.1, 0.15) is 5.60 Å². The Hall–Kier alpha value is -1.99. The molecule has 28 heavy (non-hydrogen) atoms. The highest BCUT2D eigenvalue weighted by molar-refractivity contribution is 6.30. The minimum Gasteiger partial charge on any atom is -0.444 e. The Morgan fingerprint density at radius 2 is 2.18 bits per heavy atom. The molecule has 1 aromatic rings. The molecule has 1 aromatic carbocycles. The summed E-state index contributed by atoms with van der Waals surface area (Å²) >= 11 is 6.08. The van der Waals surface area contributed by atoms with Crippen LogP contribution in [-0.2, 0) is 9.47 Å². The molecule has 1 heterocycles. The van der Waals surface area contributed by atoms with Gasteiger partial charge in [0, 0.05) is 38.8 Å². The van der Waals surface area contributed by atoms with Crippen molar-refractivity contribution in [1.82, 2.24) is 15.5 Å². The molecule has 2 unspecified atom stereocenters. The molecule has 2 rings (SSSR count). The molecule has 0 saturated carbocycles. The van der Waals surface area contributed by atoms with Crippen LogP contribution in [0, 0.1) is 0 Å². The number of halogens is 1. The van der Waals surface area contributed by atoms with Crippen LogP contribution in [0.15, 0.2) is 29.3 Å². The Balaban J connectivity index is 1.87. The Bertz CT molecular complexity index is 690. The fourth-order valence-corrected chi connectivity index (χ4v) is 3.30. The van der Waals surface area contributed by atoms with Crippen molar-refractivity contribution in [1.29, 1.82) is 0 Å². The first-order chi connectivity index (χ1) is 13.2. The quantitative estimate of drug-likeness (QED) is 0.576. The van der Waals surface area contributed by atoms with Gasteiger partial charge < -0.3 is 25.0 Å². The molecule has 156 valence electrons. The zero-order valence-corrected chi connectivity index (χ0v) is 18.0. The molecule has 1 saturated heterocycles. The number of methoxy groups -OCH3 is 1. The lowest BCUT2D eigenvalue weighted by atomic mass is 10.1. The van der Waals surface area contributed by atoms with E-state index in [1.165, 1.54) is 0 Å². The Labute approximate surface area is 172 Å². The van der Waals surface area contributed by atoms with E-state index in [0.29, 0.717) is 18.1 Å². The van der Waals surface area contributed by atoms with Crippen LogP contribution in [0.3, 0.4) is 0 Å². The summed E-state index contributed by atoms with van der Waals surface area (Å²) in [6, 6.07) is 7.66. The van der Waals surface area contributed by atoms with Crippen molar-refractivity contribution >= 4 is 23.7 Å². The van der Waals surface area contributed by atoms with Gasteiger partial charge in [-0.05, 0) is 44.9 Å². The summed E-state index contributed by atoms with van der Waals surface area (Å²) in [7, 11) is 3.42.